The standard InChI is InChI=1S/C10H4F4N2S/c1-17-5-16-7-3-2-6(4-15)8(9(7)11)10(12,13)14/h2-3H,1H2. The molecule has 0 atom stereocenters. The van der Waals surface area contributed by atoms with Crippen molar-refractivity contribution < 1.29 is 17.6 Å². The van der Waals surface area contributed by atoms with Gasteiger partial charge in [0.2, 0.25) is 0 Å². The van der Waals surface area contributed by atoms with E-state index in [1.807, 2.05) is 0 Å². The quantitative estimate of drug-likeness (QED) is 0.433. The molecule has 0 amide bonds. The number of hydrogen-bond donors (Lipinski definition) is 0. The largest absolute Gasteiger partial charge is 0.420 e. The first kappa shape index (κ1) is 13.2. The number of halogens is 4. The smallest absolute Gasteiger partial charge is 0.204 e. The first-order chi connectivity index (χ1) is 7.91. The Hall–Kier alpha value is -1.90. The molecule has 0 radical (unpaired) electrons. The monoisotopic (exact) mass is 260 g/mol. The summed E-state index contributed by atoms with van der Waals surface area (Å²) in [5.74, 6) is 1.67. The van der Waals surface area contributed by atoms with Gasteiger partial charge in [0, 0.05) is 0 Å². The molecule has 2 nitrogen and oxygen atoms in total. The van der Waals surface area contributed by atoms with Gasteiger partial charge in [-0.1, -0.05) is 10.9 Å². The third-order valence-corrected chi connectivity index (χ3v) is 1.98. The molecular formula is C10H4F4N2S. The maximum absolute atomic E-state index is 13.5. The molecule has 0 unspecified atom stereocenters. The van der Waals surface area contributed by atoms with E-state index in [9.17, 15) is 17.6 Å². The summed E-state index contributed by atoms with van der Waals surface area (Å²) >= 11 is 0. The Labute approximate surface area is 97.4 Å². The number of aliphatic imine (C=N–C) groups is 1. The second-order valence-corrected chi connectivity index (χ2v) is 3.25. The molecule has 1 aromatic carbocycles. The molecule has 0 N–H and O–H groups in total. The van der Waals surface area contributed by atoms with Gasteiger partial charge in [0.1, 0.15) is 11.3 Å². The Kier molecular flexibility index (Phi) is 3.84. The predicted octanol–water partition coefficient (Wildman–Crippen LogP) is 3.42. The van der Waals surface area contributed by atoms with Gasteiger partial charge in [-0.25, -0.2) is 4.39 Å². The fourth-order valence-electron chi connectivity index (χ4n) is 1.10. The zero-order valence-corrected chi connectivity index (χ0v) is 8.99. The fraction of sp³-hybridized carbons (Fsp3) is 0.100. The van der Waals surface area contributed by atoms with Crippen LogP contribution >= 0.6 is 10.9 Å². The molecule has 0 spiro atoms. The van der Waals surface area contributed by atoms with E-state index in [0.717, 1.165) is 23.1 Å². The number of alkyl halides is 3. The van der Waals surface area contributed by atoms with E-state index in [2.05, 4.69) is 16.0 Å². The molecule has 0 saturated heterocycles. The van der Waals surface area contributed by atoms with Crippen molar-refractivity contribution in [2.45, 2.75) is 6.18 Å². The van der Waals surface area contributed by atoms with Gasteiger partial charge in [0.25, 0.3) is 0 Å². The van der Waals surface area contributed by atoms with E-state index in [0.29, 0.717) is 0 Å². The van der Waals surface area contributed by atoms with Crippen LogP contribution in [0.2, 0.25) is 0 Å². The van der Waals surface area contributed by atoms with Crippen molar-refractivity contribution in [2.24, 2.45) is 4.99 Å². The van der Waals surface area contributed by atoms with Gasteiger partial charge < -0.3 is 0 Å². The van der Waals surface area contributed by atoms with E-state index < -0.39 is 28.8 Å². The van der Waals surface area contributed by atoms with Crippen molar-refractivity contribution in [3.63, 3.8) is 0 Å². The minimum atomic E-state index is -4.95. The van der Waals surface area contributed by atoms with Crippen LogP contribution in [-0.2, 0) is 6.18 Å². The van der Waals surface area contributed by atoms with Crippen LogP contribution in [0.25, 0.3) is 0 Å². The van der Waals surface area contributed by atoms with Gasteiger partial charge >= 0.3 is 6.18 Å². The lowest BCUT2D eigenvalue weighted by atomic mass is 10.1. The van der Waals surface area contributed by atoms with Crippen molar-refractivity contribution in [1.82, 2.24) is 0 Å². The summed E-state index contributed by atoms with van der Waals surface area (Å²) in [5, 5.41) is 10.7. The second kappa shape index (κ2) is 4.95. The molecule has 0 aliphatic rings. The van der Waals surface area contributed by atoms with Crippen LogP contribution in [0, 0.1) is 17.1 Å². The zero-order valence-electron chi connectivity index (χ0n) is 8.18. The second-order valence-electron chi connectivity index (χ2n) is 2.78. The van der Waals surface area contributed by atoms with Crippen LogP contribution in [0.15, 0.2) is 17.1 Å². The van der Waals surface area contributed by atoms with E-state index in [4.69, 9.17) is 5.26 Å². The van der Waals surface area contributed by atoms with Crippen LogP contribution in [0.4, 0.5) is 23.2 Å². The van der Waals surface area contributed by atoms with Gasteiger partial charge in [-0.3, -0.25) is 0 Å². The molecule has 0 fully saturated rings. The number of benzene rings is 1. The highest BCUT2D eigenvalue weighted by molar-refractivity contribution is 7.94. The topological polar surface area (TPSA) is 36.1 Å². The highest BCUT2D eigenvalue weighted by atomic mass is 32.1. The fourth-order valence-corrected chi connectivity index (χ4v) is 1.27. The summed E-state index contributed by atoms with van der Waals surface area (Å²) in [6.07, 6.45) is -4.95. The van der Waals surface area contributed by atoms with Crippen LogP contribution in [0.5, 0.6) is 0 Å². The van der Waals surface area contributed by atoms with Crippen molar-refractivity contribution in [1.29, 1.82) is 5.26 Å². The lowest BCUT2D eigenvalue weighted by molar-refractivity contribution is -0.140. The first-order valence-corrected chi connectivity index (χ1v) is 5.07. The molecule has 1 rings (SSSR count). The highest BCUT2D eigenvalue weighted by Crippen LogP contribution is 2.37. The van der Waals surface area contributed by atoms with Gasteiger partial charge in [-0.2, -0.15) is 23.4 Å². The number of isothiocyanates is 1. The third-order valence-electron chi connectivity index (χ3n) is 1.76. The minimum Gasteiger partial charge on any atom is -0.204 e. The Morgan fingerprint density at radius 3 is 2.47 bits per heavy atom. The average Bonchev–Trinajstić information content (AvgIpc) is 2.25. The van der Waals surface area contributed by atoms with Crippen LogP contribution < -0.4 is 0 Å². The molecular weight excluding hydrogens is 256 g/mol. The minimum absolute atomic E-state index is 0.535. The average molecular weight is 260 g/mol. The molecule has 1 aromatic rings. The summed E-state index contributed by atoms with van der Waals surface area (Å²) < 4.78 is 51.1. The summed E-state index contributed by atoms with van der Waals surface area (Å²) in [7, 11) is 0.749. The SMILES string of the molecule is C=S=C=Nc1ccc(C#N)c(C(F)(F)F)c1F. The Morgan fingerprint density at radius 2 is 2.00 bits per heavy atom. The maximum Gasteiger partial charge on any atom is 0.420 e. The highest BCUT2D eigenvalue weighted by Gasteiger charge is 2.38. The molecule has 0 aliphatic carbocycles. The van der Waals surface area contributed by atoms with Crippen LogP contribution in [-0.4, -0.2) is 11.0 Å². The molecule has 0 bridgehead atoms. The van der Waals surface area contributed by atoms with Gasteiger partial charge in [0.15, 0.2) is 5.82 Å². The molecule has 88 valence electrons. The number of rotatable bonds is 1. The van der Waals surface area contributed by atoms with E-state index in [-0.39, 0.29) is 0 Å². The Morgan fingerprint density at radius 1 is 1.35 bits per heavy atom. The van der Waals surface area contributed by atoms with E-state index in [1.54, 1.807) is 0 Å². The molecule has 7 heteroatoms. The Bertz CT molecular complexity index is 573. The maximum atomic E-state index is 13.5. The van der Waals surface area contributed by atoms with Crippen molar-refractivity contribution in [3.8, 4) is 6.07 Å². The van der Waals surface area contributed by atoms with E-state index in [1.165, 1.54) is 6.07 Å². The van der Waals surface area contributed by atoms with Crippen molar-refractivity contribution in [3.05, 3.63) is 29.1 Å². The van der Waals surface area contributed by atoms with Crippen LogP contribution in [0.1, 0.15) is 11.1 Å². The van der Waals surface area contributed by atoms with Crippen LogP contribution in [0.3, 0.4) is 0 Å². The normalized spacial score (nSPS) is 10.3. The number of hydrogen-bond acceptors (Lipinski definition) is 2. The summed E-state index contributed by atoms with van der Waals surface area (Å²) in [6.45, 7) is 0. The number of nitrogens with zero attached hydrogens (tertiary/aromatic N) is 2. The third kappa shape index (κ3) is 2.81. The van der Waals surface area contributed by atoms with Gasteiger partial charge in [0.05, 0.1) is 16.8 Å². The molecule has 0 aromatic heterocycles. The zero-order chi connectivity index (χ0) is 13.1. The molecule has 0 aliphatic heterocycles. The van der Waals surface area contributed by atoms with Gasteiger partial charge in [-0.05, 0) is 18.0 Å². The summed E-state index contributed by atoms with van der Waals surface area (Å²) in [6, 6.07) is 3.13. The molecule has 0 heterocycles. The van der Waals surface area contributed by atoms with E-state index >= 15 is 0 Å². The lowest BCUT2D eigenvalue weighted by Crippen LogP contribution is -2.11. The lowest BCUT2D eigenvalue weighted by Gasteiger charge is -2.10. The number of nitriles is 1. The Balaban J connectivity index is 3.61. The molecule has 0 saturated carbocycles. The van der Waals surface area contributed by atoms with Crippen molar-refractivity contribution in [2.75, 3.05) is 0 Å². The molecule has 17 heavy (non-hydrogen) atoms. The predicted molar refractivity (Wildman–Crippen MR) is 57.9 cm³/mol. The summed E-state index contributed by atoms with van der Waals surface area (Å²) in [4.78, 5) is 3.34. The first-order valence-electron chi connectivity index (χ1n) is 4.08. The van der Waals surface area contributed by atoms with Crippen molar-refractivity contribution >= 4 is 27.7 Å². The summed E-state index contributed by atoms with van der Waals surface area (Å²) in [5.41, 5.74) is -2.93. The van der Waals surface area contributed by atoms with Gasteiger partial charge in [-0.15, -0.1) is 0 Å².